The normalized spacial score (nSPS) is 10.9. The Balaban J connectivity index is 1.53. The van der Waals surface area contributed by atoms with E-state index in [4.69, 9.17) is 39.2 Å². The Kier molecular flexibility index (Phi) is 6.40. The average Bonchev–Trinajstić information content (AvgIpc) is 3.10. The maximum Gasteiger partial charge on any atom is 0.259 e. The van der Waals surface area contributed by atoms with Crippen LogP contribution < -0.4 is 10.7 Å². The van der Waals surface area contributed by atoms with E-state index in [2.05, 4.69) is 15.8 Å². The van der Waals surface area contributed by atoms with Crippen LogP contribution in [0.15, 0.2) is 64.1 Å². The van der Waals surface area contributed by atoms with Gasteiger partial charge < -0.3 is 9.73 Å². The molecular weight excluding hydrogens is 409 g/mol. The Hall–Kier alpha value is -2.47. The minimum absolute atomic E-state index is 0.0722. The molecule has 0 aliphatic heterocycles. The zero-order chi connectivity index (χ0) is 19.2. The van der Waals surface area contributed by atoms with Gasteiger partial charge in [0, 0.05) is 21.3 Å². The molecule has 0 saturated carbocycles. The molecule has 0 unspecified atom stereocenters. The van der Waals surface area contributed by atoms with Gasteiger partial charge in [-0.15, -0.1) is 0 Å². The fourth-order valence-corrected chi connectivity index (χ4v) is 2.84. The van der Waals surface area contributed by atoms with Crippen LogP contribution in [0.5, 0.6) is 0 Å². The molecule has 27 heavy (non-hydrogen) atoms. The van der Waals surface area contributed by atoms with Crippen LogP contribution in [0.4, 0.5) is 5.69 Å². The lowest BCUT2D eigenvalue weighted by Gasteiger charge is -2.04. The molecule has 0 bridgehead atoms. The van der Waals surface area contributed by atoms with Crippen molar-refractivity contribution >= 4 is 52.6 Å². The van der Waals surface area contributed by atoms with Crippen LogP contribution in [0.2, 0.25) is 15.1 Å². The van der Waals surface area contributed by atoms with Crippen molar-refractivity contribution in [2.24, 2.45) is 5.10 Å². The van der Waals surface area contributed by atoms with Gasteiger partial charge in [-0.3, -0.25) is 4.79 Å². The number of furan rings is 1. The number of amides is 1. The fraction of sp³-hybridized carbons (Fsp3) is 0.0526. The topological polar surface area (TPSA) is 66.6 Å². The molecule has 2 N–H and O–H groups in total. The van der Waals surface area contributed by atoms with Crippen molar-refractivity contribution in [3.63, 3.8) is 0 Å². The molecule has 1 amide bonds. The van der Waals surface area contributed by atoms with Crippen molar-refractivity contribution in [2.75, 3.05) is 11.9 Å². The van der Waals surface area contributed by atoms with Crippen molar-refractivity contribution in [3.05, 3.63) is 75.4 Å². The number of rotatable bonds is 6. The molecule has 0 fully saturated rings. The van der Waals surface area contributed by atoms with Crippen LogP contribution in [-0.4, -0.2) is 18.7 Å². The molecule has 1 heterocycles. The van der Waals surface area contributed by atoms with E-state index in [9.17, 15) is 4.79 Å². The third kappa shape index (κ3) is 5.50. The van der Waals surface area contributed by atoms with Crippen molar-refractivity contribution in [3.8, 4) is 11.3 Å². The molecule has 8 heteroatoms. The highest BCUT2D eigenvalue weighted by atomic mass is 35.5. The van der Waals surface area contributed by atoms with E-state index in [1.165, 1.54) is 6.21 Å². The van der Waals surface area contributed by atoms with Gasteiger partial charge in [-0.2, -0.15) is 5.10 Å². The molecule has 0 spiro atoms. The van der Waals surface area contributed by atoms with Gasteiger partial charge in [-0.25, -0.2) is 5.43 Å². The van der Waals surface area contributed by atoms with Crippen LogP contribution in [0.1, 0.15) is 5.76 Å². The van der Waals surface area contributed by atoms with E-state index >= 15 is 0 Å². The molecule has 0 aliphatic rings. The number of hydrogen-bond acceptors (Lipinski definition) is 4. The van der Waals surface area contributed by atoms with Crippen LogP contribution in [-0.2, 0) is 4.79 Å². The number of nitrogens with one attached hydrogen (secondary N) is 2. The number of halogens is 3. The van der Waals surface area contributed by atoms with Gasteiger partial charge in [0.2, 0.25) is 0 Å². The molecule has 0 saturated heterocycles. The van der Waals surface area contributed by atoms with Gasteiger partial charge in [-0.05, 0) is 54.6 Å². The highest BCUT2D eigenvalue weighted by molar-refractivity contribution is 6.36. The summed E-state index contributed by atoms with van der Waals surface area (Å²) in [6.45, 7) is 0.0722. The molecule has 0 atom stereocenters. The van der Waals surface area contributed by atoms with Gasteiger partial charge in [0.15, 0.2) is 0 Å². The highest BCUT2D eigenvalue weighted by Gasteiger charge is 2.08. The summed E-state index contributed by atoms with van der Waals surface area (Å²) in [6.07, 6.45) is 1.41. The predicted molar refractivity (Wildman–Crippen MR) is 110 cm³/mol. The summed E-state index contributed by atoms with van der Waals surface area (Å²) in [5.74, 6) is 0.754. The number of hydrogen-bond donors (Lipinski definition) is 2. The first kappa shape index (κ1) is 19.3. The van der Waals surface area contributed by atoms with E-state index in [0.717, 1.165) is 11.3 Å². The Morgan fingerprint density at radius 1 is 1.00 bits per heavy atom. The van der Waals surface area contributed by atoms with Crippen LogP contribution in [0, 0.1) is 0 Å². The van der Waals surface area contributed by atoms with Crippen molar-refractivity contribution in [2.45, 2.75) is 0 Å². The first-order valence-corrected chi connectivity index (χ1v) is 9.01. The zero-order valence-corrected chi connectivity index (χ0v) is 16.1. The second-order valence-corrected chi connectivity index (χ2v) is 6.76. The molecular formula is C19H14Cl3N3O2. The van der Waals surface area contributed by atoms with E-state index in [1.807, 2.05) is 0 Å². The van der Waals surface area contributed by atoms with E-state index in [-0.39, 0.29) is 12.5 Å². The van der Waals surface area contributed by atoms with Crippen molar-refractivity contribution in [1.29, 1.82) is 0 Å². The molecule has 2 aromatic carbocycles. The van der Waals surface area contributed by atoms with E-state index in [0.29, 0.717) is 26.6 Å². The standard InChI is InChI=1S/C19H14Cl3N3O2/c20-12-1-4-14(5-2-12)23-11-19(26)25-24-10-15-6-8-18(27-15)16-7-3-13(21)9-17(16)22/h1-10,23H,11H2,(H,25,26)/b24-10-. The second kappa shape index (κ2) is 8.95. The van der Waals surface area contributed by atoms with Gasteiger partial charge in [0.05, 0.1) is 17.8 Å². The number of carbonyl (C=O) groups excluding carboxylic acids is 1. The molecule has 0 radical (unpaired) electrons. The Morgan fingerprint density at radius 2 is 1.74 bits per heavy atom. The molecule has 3 aromatic rings. The van der Waals surface area contributed by atoms with E-state index in [1.54, 1.807) is 54.6 Å². The Morgan fingerprint density at radius 3 is 2.48 bits per heavy atom. The summed E-state index contributed by atoms with van der Waals surface area (Å²) in [6, 6.07) is 15.7. The number of hydrazone groups is 1. The SMILES string of the molecule is O=C(CNc1ccc(Cl)cc1)N/N=C\c1ccc(-c2ccc(Cl)cc2Cl)o1. The second-order valence-electron chi connectivity index (χ2n) is 5.48. The monoisotopic (exact) mass is 421 g/mol. The van der Waals surface area contributed by atoms with Gasteiger partial charge in [-0.1, -0.05) is 34.8 Å². The summed E-state index contributed by atoms with van der Waals surface area (Å²) in [5.41, 5.74) is 3.92. The van der Waals surface area contributed by atoms with E-state index < -0.39 is 0 Å². The lowest BCUT2D eigenvalue weighted by molar-refractivity contribution is -0.119. The fourth-order valence-electron chi connectivity index (χ4n) is 2.21. The average molecular weight is 423 g/mol. The smallest absolute Gasteiger partial charge is 0.259 e. The third-order valence-corrected chi connectivity index (χ3v) is 4.30. The molecule has 5 nitrogen and oxygen atoms in total. The first-order valence-electron chi connectivity index (χ1n) is 7.88. The zero-order valence-electron chi connectivity index (χ0n) is 13.9. The molecule has 138 valence electrons. The number of nitrogens with zero attached hydrogens (tertiary/aromatic N) is 1. The summed E-state index contributed by atoms with van der Waals surface area (Å²) < 4.78 is 5.66. The summed E-state index contributed by atoms with van der Waals surface area (Å²) in [5, 5.41) is 8.51. The van der Waals surface area contributed by atoms with Crippen LogP contribution >= 0.6 is 34.8 Å². The summed E-state index contributed by atoms with van der Waals surface area (Å²) in [4.78, 5) is 11.8. The third-order valence-electron chi connectivity index (χ3n) is 3.50. The van der Waals surface area contributed by atoms with Crippen LogP contribution in [0.3, 0.4) is 0 Å². The Bertz CT molecular complexity index is 969. The maximum atomic E-state index is 11.8. The number of anilines is 1. The maximum absolute atomic E-state index is 11.8. The van der Waals surface area contributed by atoms with Gasteiger partial charge in [0.1, 0.15) is 11.5 Å². The minimum atomic E-state index is -0.297. The summed E-state index contributed by atoms with van der Waals surface area (Å²) in [7, 11) is 0. The Labute approximate surface area is 170 Å². The number of benzene rings is 2. The lowest BCUT2D eigenvalue weighted by atomic mass is 10.2. The van der Waals surface area contributed by atoms with Gasteiger partial charge in [0.25, 0.3) is 5.91 Å². The van der Waals surface area contributed by atoms with Gasteiger partial charge >= 0.3 is 0 Å². The van der Waals surface area contributed by atoms with Crippen molar-refractivity contribution < 1.29 is 9.21 Å². The molecule has 1 aromatic heterocycles. The minimum Gasteiger partial charge on any atom is -0.455 e. The lowest BCUT2D eigenvalue weighted by Crippen LogP contribution is -2.25. The molecule has 3 rings (SSSR count). The summed E-state index contributed by atoms with van der Waals surface area (Å²) >= 11 is 17.9. The predicted octanol–water partition coefficient (Wildman–Crippen LogP) is 5.47. The van der Waals surface area contributed by atoms with Crippen molar-refractivity contribution in [1.82, 2.24) is 5.43 Å². The highest BCUT2D eigenvalue weighted by Crippen LogP contribution is 2.31. The molecule has 0 aliphatic carbocycles. The first-order chi connectivity index (χ1) is 13.0. The number of carbonyl (C=O) groups is 1. The quantitative estimate of drug-likeness (QED) is 0.409. The largest absolute Gasteiger partial charge is 0.455 e. The van der Waals surface area contributed by atoms with Crippen LogP contribution in [0.25, 0.3) is 11.3 Å².